The van der Waals surface area contributed by atoms with Crippen LogP contribution in [0.25, 0.3) is 11.3 Å². The van der Waals surface area contributed by atoms with Gasteiger partial charge in [-0.05, 0) is 34.7 Å². The summed E-state index contributed by atoms with van der Waals surface area (Å²) in [7, 11) is 0. The number of tetrazole rings is 1. The number of aromatic nitrogens is 7. The van der Waals surface area contributed by atoms with Gasteiger partial charge in [-0.25, -0.2) is 9.50 Å². The smallest absolute Gasteiger partial charge is 0.272 e. The average molecular weight is 385 g/mol. The van der Waals surface area contributed by atoms with E-state index in [1.807, 2.05) is 6.07 Å². The molecule has 1 N–H and O–H groups in total. The number of rotatable bonds is 4. The van der Waals surface area contributed by atoms with Crippen molar-refractivity contribution in [2.75, 3.05) is 0 Å². The molecule has 4 aromatic rings. The van der Waals surface area contributed by atoms with Crippen LogP contribution in [-0.4, -0.2) is 34.8 Å². The minimum Gasteiger partial charge on any atom is -0.295 e. The Morgan fingerprint density at radius 1 is 1.31 bits per heavy atom. The number of nitrogens with one attached hydrogen (secondary N) is 1. The minimum atomic E-state index is -0.288. The van der Waals surface area contributed by atoms with Gasteiger partial charge in [0, 0.05) is 23.0 Å². The predicted octanol–water partition coefficient (Wildman–Crippen LogP) is 1.82. The van der Waals surface area contributed by atoms with Crippen LogP contribution >= 0.6 is 23.4 Å². The van der Waals surface area contributed by atoms with Gasteiger partial charge in [-0.2, -0.15) is 9.94 Å². The molecular weight excluding hydrogens is 376 g/mol. The number of halogens is 1. The van der Waals surface area contributed by atoms with Crippen molar-refractivity contribution in [2.24, 2.45) is 0 Å². The van der Waals surface area contributed by atoms with Gasteiger partial charge in [0.15, 0.2) is 5.65 Å². The lowest BCUT2D eigenvalue weighted by Crippen LogP contribution is -2.15. The number of hydrogen-bond acceptors (Lipinski definition) is 7. The summed E-state index contributed by atoms with van der Waals surface area (Å²) in [5.74, 6) is 0.371. The maximum atomic E-state index is 12.1. The topological polar surface area (TPSA) is 118 Å². The first-order valence-electron chi connectivity index (χ1n) is 7.33. The lowest BCUT2D eigenvalue weighted by molar-refractivity contribution is 0.756. The molecule has 0 radical (unpaired) electrons. The van der Waals surface area contributed by atoms with Crippen molar-refractivity contribution < 1.29 is 0 Å². The van der Waals surface area contributed by atoms with E-state index >= 15 is 0 Å². The van der Waals surface area contributed by atoms with E-state index in [0.717, 1.165) is 5.69 Å². The fourth-order valence-corrected chi connectivity index (χ4v) is 3.25. The van der Waals surface area contributed by atoms with Crippen molar-refractivity contribution in [3.8, 4) is 11.8 Å². The molecule has 0 aliphatic rings. The van der Waals surface area contributed by atoms with E-state index in [2.05, 4.69) is 25.6 Å². The second-order valence-electron chi connectivity index (χ2n) is 5.18. The third-order valence-electron chi connectivity index (χ3n) is 3.53. The molecule has 9 nitrogen and oxygen atoms in total. The number of fused-ring (bicyclic) bond motifs is 1. The Balaban J connectivity index is 1.62. The van der Waals surface area contributed by atoms with Crippen LogP contribution in [0.15, 0.2) is 46.5 Å². The molecule has 0 unspecified atom stereocenters. The van der Waals surface area contributed by atoms with E-state index in [0.29, 0.717) is 32.8 Å². The van der Waals surface area contributed by atoms with Crippen molar-refractivity contribution in [1.82, 2.24) is 34.8 Å². The monoisotopic (exact) mass is 384 g/mol. The molecule has 0 amide bonds. The summed E-state index contributed by atoms with van der Waals surface area (Å²) in [5, 5.41) is 24.6. The summed E-state index contributed by atoms with van der Waals surface area (Å²) in [5.41, 5.74) is 1.61. The largest absolute Gasteiger partial charge is 0.295 e. The molecule has 0 aliphatic carbocycles. The standard InChI is InChI=1S/C15H9ClN8OS/c16-10-1-3-12(4-2-10)23-15(20-21-22-23)26-8-11-5-13(25)24-14(19-11)9(6-17)7-18-24/h1-5,7,18H,8H2. The molecule has 26 heavy (non-hydrogen) atoms. The maximum absolute atomic E-state index is 12.1. The molecule has 0 bridgehead atoms. The van der Waals surface area contributed by atoms with Gasteiger partial charge in [0.05, 0.1) is 11.4 Å². The van der Waals surface area contributed by atoms with Crippen molar-refractivity contribution in [2.45, 2.75) is 10.9 Å². The number of hydrogen-bond donors (Lipinski definition) is 1. The van der Waals surface area contributed by atoms with Crippen molar-refractivity contribution in [3.05, 3.63) is 63.2 Å². The quantitative estimate of drug-likeness (QED) is 0.533. The van der Waals surface area contributed by atoms with Crippen LogP contribution in [0, 0.1) is 11.3 Å². The molecular formula is C15H9ClN8OS. The lowest BCUT2D eigenvalue weighted by Gasteiger charge is -2.04. The van der Waals surface area contributed by atoms with E-state index in [9.17, 15) is 4.79 Å². The third-order valence-corrected chi connectivity index (χ3v) is 4.74. The summed E-state index contributed by atoms with van der Waals surface area (Å²) in [6.45, 7) is 0. The van der Waals surface area contributed by atoms with E-state index in [-0.39, 0.29) is 5.56 Å². The van der Waals surface area contributed by atoms with E-state index in [1.165, 1.54) is 28.5 Å². The molecule has 128 valence electrons. The molecule has 11 heteroatoms. The fraction of sp³-hybridized carbons (Fsp3) is 0.0667. The molecule has 0 saturated heterocycles. The van der Waals surface area contributed by atoms with Crippen LogP contribution in [0.3, 0.4) is 0 Å². The highest BCUT2D eigenvalue weighted by molar-refractivity contribution is 7.98. The number of aromatic amines is 1. The third kappa shape index (κ3) is 2.94. The maximum Gasteiger partial charge on any atom is 0.272 e. The van der Waals surface area contributed by atoms with Gasteiger partial charge in [0.2, 0.25) is 5.16 Å². The molecule has 0 saturated carbocycles. The summed E-state index contributed by atoms with van der Waals surface area (Å²) < 4.78 is 2.80. The summed E-state index contributed by atoms with van der Waals surface area (Å²) in [4.78, 5) is 16.5. The zero-order chi connectivity index (χ0) is 18.1. The molecule has 3 heterocycles. The Labute approximate surface area is 155 Å². The highest BCUT2D eigenvalue weighted by Gasteiger charge is 2.12. The highest BCUT2D eigenvalue weighted by atomic mass is 35.5. The SMILES string of the molecule is N#Cc1c[nH]n2c(=O)cc(CSc3nnnn3-c3ccc(Cl)cc3)nc12. The van der Waals surface area contributed by atoms with Crippen LogP contribution in [0.2, 0.25) is 5.02 Å². The first kappa shape index (κ1) is 16.3. The zero-order valence-electron chi connectivity index (χ0n) is 13.0. The first-order chi connectivity index (χ1) is 12.7. The number of thioether (sulfide) groups is 1. The summed E-state index contributed by atoms with van der Waals surface area (Å²) in [6, 6.07) is 10.5. The van der Waals surface area contributed by atoms with Gasteiger partial charge in [-0.15, -0.1) is 5.10 Å². The summed E-state index contributed by atoms with van der Waals surface area (Å²) in [6.07, 6.45) is 1.45. The molecule has 0 fully saturated rings. The number of nitriles is 1. The highest BCUT2D eigenvalue weighted by Crippen LogP contribution is 2.22. The van der Waals surface area contributed by atoms with E-state index in [1.54, 1.807) is 28.9 Å². The number of nitrogens with zero attached hydrogens (tertiary/aromatic N) is 7. The molecule has 0 spiro atoms. The van der Waals surface area contributed by atoms with E-state index < -0.39 is 0 Å². The molecule has 3 aromatic heterocycles. The molecule has 1 aromatic carbocycles. The van der Waals surface area contributed by atoms with Gasteiger partial charge >= 0.3 is 0 Å². The molecule has 4 rings (SSSR count). The van der Waals surface area contributed by atoms with Crippen LogP contribution in [0.1, 0.15) is 11.3 Å². The van der Waals surface area contributed by atoms with Gasteiger partial charge in [0.1, 0.15) is 11.6 Å². The van der Waals surface area contributed by atoms with Crippen molar-refractivity contribution in [1.29, 1.82) is 5.26 Å². The van der Waals surface area contributed by atoms with Crippen LogP contribution in [0.4, 0.5) is 0 Å². The lowest BCUT2D eigenvalue weighted by atomic mass is 10.3. The van der Waals surface area contributed by atoms with Gasteiger partial charge in [-0.1, -0.05) is 23.4 Å². The number of H-pyrrole nitrogens is 1. The van der Waals surface area contributed by atoms with Gasteiger partial charge < -0.3 is 0 Å². The average Bonchev–Trinajstić information content (AvgIpc) is 3.27. The van der Waals surface area contributed by atoms with Gasteiger partial charge in [-0.3, -0.25) is 9.89 Å². The predicted molar refractivity (Wildman–Crippen MR) is 94.3 cm³/mol. The first-order valence-corrected chi connectivity index (χ1v) is 8.69. The Hall–Kier alpha value is -3.16. The molecule has 0 atom stereocenters. The van der Waals surface area contributed by atoms with Crippen molar-refractivity contribution in [3.63, 3.8) is 0 Å². The normalized spacial score (nSPS) is 10.9. The Kier molecular flexibility index (Phi) is 4.16. The summed E-state index contributed by atoms with van der Waals surface area (Å²) >= 11 is 7.23. The Morgan fingerprint density at radius 2 is 2.12 bits per heavy atom. The van der Waals surface area contributed by atoms with E-state index in [4.69, 9.17) is 16.9 Å². The molecule has 0 aliphatic heterocycles. The van der Waals surface area contributed by atoms with Crippen molar-refractivity contribution >= 4 is 29.0 Å². The van der Waals surface area contributed by atoms with Crippen LogP contribution < -0.4 is 5.56 Å². The number of benzene rings is 1. The van der Waals surface area contributed by atoms with Crippen LogP contribution in [0.5, 0.6) is 0 Å². The second-order valence-corrected chi connectivity index (χ2v) is 6.56. The Bertz CT molecular complexity index is 1190. The Morgan fingerprint density at radius 3 is 2.88 bits per heavy atom. The fourth-order valence-electron chi connectivity index (χ4n) is 2.34. The minimum absolute atomic E-state index is 0.288. The zero-order valence-corrected chi connectivity index (χ0v) is 14.6. The second kappa shape index (κ2) is 6.62. The van der Waals surface area contributed by atoms with Crippen LogP contribution in [-0.2, 0) is 5.75 Å². The van der Waals surface area contributed by atoms with Gasteiger partial charge in [0.25, 0.3) is 5.56 Å².